The molecule has 1 aliphatic heterocycles. The van der Waals surface area contributed by atoms with Crippen molar-refractivity contribution < 1.29 is 18.8 Å². The molecule has 3 aromatic rings. The Morgan fingerprint density at radius 1 is 1.06 bits per heavy atom. The van der Waals surface area contributed by atoms with Crippen LogP contribution in [0.1, 0.15) is 52.4 Å². The van der Waals surface area contributed by atoms with Crippen molar-refractivity contribution in [2.24, 2.45) is 0 Å². The van der Waals surface area contributed by atoms with Gasteiger partial charge in [-0.05, 0) is 25.0 Å². The summed E-state index contributed by atoms with van der Waals surface area (Å²) in [6.45, 7) is 4.44. The summed E-state index contributed by atoms with van der Waals surface area (Å²) in [5.74, 6) is -1.73. The Bertz CT molecular complexity index is 1240. The van der Waals surface area contributed by atoms with E-state index in [-0.39, 0.29) is 30.4 Å². The molecule has 0 saturated carbocycles. The summed E-state index contributed by atoms with van der Waals surface area (Å²) in [4.78, 5) is 45.4. The van der Waals surface area contributed by atoms with Crippen molar-refractivity contribution in [1.29, 1.82) is 0 Å². The highest BCUT2D eigenvalue weighted by atomic mass is 19.1. The van der Waals surface area contributed by atoms with Crippen LogP contribution in [0.4, 0.5) is 4.39 Å². The zero-order chi connectivity index (χ0) is 25.0. The molecule has 9 heteroatoms. The van der Waals surface area contributed by atoms with Crippen molar-refractivity contribution in [3.05, 3.63) is 89.3 Å². The molecule has 0 unspecified atom stereocenters. The number of nitrogens with one attached hydrogen (secondary N) is 2. The lowest BCUT2D eigenvalue weighted by Gasteiger charge is -2.43. The van der Waals surface area contributed by atoms with Crippen molar-refractivity contribution in [3.63, 3.8) is 0 Å². The van der Waals surface area contributed by atoms with E-state index in [1.807, 2.05) is 37.3 Å². The molecule has 8 nitrogen and oxygen atoms in total. The Labute approximate surface area is 203 Å². The maximum absolute atomic E-state index is 13.9. The predicted octanol–water partition coefficient (Wildman–Crippen LogP) is 2.89. The van der Waals surface area contributed by atoms with Crippen molar-refractivity contribution in [1.82, 2.24) is 25.1 Å². The number of rotatable bonds is 8. The van der Waals surface area contributed by atoms with Crippen LogP contribution in [0.25, 0.3) is 0 Å². The van der Waals surface area contributed by atoms with Gasteiger partial charge in [-0.2, -0.15) is 0 Å². The fourth-order valence-corrected chi connectivity index (χ4v) is 4.30. The average molecular weight is 478 g/mol. The van der Waals surface area contributed by atoms with E-state index in [1.165, 1.54) is 17.3 Å². The summed E-state index contributed by atoms with van der Waals surface area (Å²) in [6, 6.07) is 15.7. The molecule has 0 fully saturated rings. The molecule has 0 bridgehead atoms. The summed E-state index contributed by atoms with van der Waals surface area (Å²) < 4.78 is 15.5. The first-order valence-electron chi connectivity index (χ1n) is 11.6. The van der Waals surface area contributed by atoms with Crippen LogP contribution < -0.4 is 10.6 Å². The van der Waals surface area contributed by atoms with Crippen LogP contribution in [-0.4, -0.2) is 44.3 Å². The van der Waals surface area contributed by atoms with E-state index < -0.39 is 23.2 Å². The molecule has 2 aromatic carbocycles. The quantitative estimate of drug-likeness (QED) is 0.522. The van der Waals surface area contributed by atoms with Crippen LogP contribution in [0.15, 0.2) is 60.9 Å². The van der Waals surface area contributed by atoms with Gasteiger partial charge in [-0.3, -0.25) is 14.4 Å². The van der Waals surface area contributed by atoms with Gasteiger partial charge in [-0.25, -0.2) is 9.37 Å². The van der Waals surface area contributed by atoms with E-state index in [4.69, 9.17) is 0 Å². The van der Waals surface area contributed by atoms with E-state index >= 15 is 0 Å². The van der Waals surface area contributed by atoms with Gasteiger partial charge in [0.1, 0.15) is 17.1 Å². The van der Waals surface area contributed by atoms with Crippen molar-refractivity contribution >= 4 is 17.7 Å². The first kappa shape index (κ1) is 24.1. The highest BCUT2D eigenvalue weighted by molar-refractivity contribution is 6.07. The van der Waals surface area contributed by atoms with Gasteiger partial charge in [-0.1, -0.05) is 55.5 Å². The molecule has 1 atom stereocenters. The first-order chi connectivity index (χ1) is 16.8. The molecule has 0 aliphatic carbocycles. The molecule has 4 rings (SSSR count). The first-order valence-corrected chi connectivity index (χ1v) is 11.6. The maximum atomic E-state index is 13.9. The topological polar surface area (TPSA) is 96.3 Å². The third-order valence-corrected chi connectivity index (χ3v) is 6.20. The lowest BCUT2D eigenvalue weighted by atomic mass is 9.94. The molecule has 2 heterocycles. The summed E-state index contributed by atoms with van der Waals surface area (Å²) in [6.07, 6.45) is 2.04. The number of hydrogen-bond acceptors (Lipinski definition) is 4. The van der Waals surface area contributed by atoms with E-state index in [0.29, 0.717) is 25.1 Å². The minimum atomic E-state index is -1.16. The van der Waals surface area contributed by atoms with Gasteiger partial charge >= 0.3 is 0 Å². The minimum absolute atomic E-state index is 0.0374. The van der Waals surface area contributed by atoms with Crippen LogP contribution in [0.2, 0.25) is 0 Å². The lowest BCUT2D eigenvalue weighted by molar-refractivity contribution is -0.133. The number of imidazole rings is 1. The smallest absolute Gasteiger partial charge is 0.273 e. The second-order valence-corrected chi connectivity index (χ2v) is 8.74. The molecule has 182 valence electrons. The third kappa shape index (κ3) is 4.80. The molecule has 1 aliphatic rings. The van der Waals surface area contributed by atoms with Crippen molar-refractivity contribution in [2.75, 3.05) is 6.54 Å². The molecular formula is C26H28FN5O3. The summed E-state index contributed by atoms with van der Waals surface area (Å²) in [5, 5.41) is 5.58. The van der Waals surface area contributed by atoms with E-state index in [9.17, 15) is 18.8 Å². The zero-order valence-electron chi connectivity index (χ0n) is 19.8. The Hall–Kier alpha value is -4.01. The maximum Gasteiger partial charge on any atom is 0.273 e. The number of aromatic nitrogens is 2. The van der Waals surface area contributed by atoms with Crippen molar-refractivity contribution in [2.45, 2.75) is 45.4 Å². The number of halogens is 1. The van der Waals surface area contributed by atoms with Crippen LogP contribution >= 0.6 is 0 Å². The average Bonchev–Trinajstić information content (AvgIpc) is 3.28. The van der Waals surface area contributed by atoms with Crippen LogP contribution in [0.5, 0.6) is 0 Å². The standard InChI is InChI=1S/C26H28FN5O3/c1-3-13-32-24(34)22-21(23(33)28-15-19-11-7-8-12-20(19)27)30-17-31(22)16-26(32,2)25(35)29-14-18-9-5-4-6-10-18/h4-12,17H,3,13-16H2,1-2H3,(H,28,33)(H,29,35)/t26-/m1/s1. The monoisotopic (exact) mass is 477 g/mol. The van der Waals surface area contributed by atoms with Crippen molar-refractivity contribution in [3.8, 4) is 0 Å². The largest absolute Gasteiger partial charge is 0.350 e. The SMILES string of the molecule is CCCN1C(=O)c2c(C(=O)NCc3ccccc3F)ncn2C[C@]1(C)C(=O)NCc1ccccc1. The molecule has 2 N–H and O–H groups in total. The number of carbonyl (C=O) groups is 3. The molecule has 0 radical (unpaired) electrons. The number of carbonyl (C=O) groups excluding carboxylic acids is 3. The van der Waals surface area contributed by atoms with Crippen LogP contribution in [0, 0.1) is 5.82 Å². The molecule has 1 aromatic heterocycles. The number of nitrogens with zero attached hydrogens (tertiary/aromatic N) is 3. The Kier molecular flexibility index (Phi) is 6.95. The molecule has 0 spiro atoms. The third-order valence-electron chi connectivity index (χ3n) is 6.20. The number of amides is 3. The van der Waals surface area contributed by atoms with Gasteiger partial charge in [0.2, 0.25) is 5.91 Å². The Morgan fingerprint density at radius 3 is 2.49 bits per heavy atom. The number of fused-ring (bicyclic) bond motifs is 1. The van der Waals surface area contributed by atoms with Gasteiger partial charge in [0, 0.05) is 25.2 Å². The molecule has 35 heavy (non-hydrogen) atoms. The van der Waals surface area contributed by atoms with Crippen LogP contribution in [-0.2, 0) is 24.4 Å². The summed E-state index contributed by atoms with van der Waals surface area (Å²) in [7, 11) is 0. The van der Waals surface area contributed by atoms with E-state index in [0.717, 1.165) is 5.56 Å². The fourth-order valence-electron chi connectivity index (χ4n) is 4.30. The van der Waals surface area contributed by atoms with Gasteiger partial charge in [0.15, 0.2) is 5.69 Å². The number of hydrogen-bond donors (Lipinski definition) is 2. The lowest BCUT2D eigenvalue weighted by Crippen LogP contribution is -2.64. The molecular weight excluding hydrogens is 449 g/mol. The molecule has 0 saturated heterocycles. The predicted molar refractivity (Wildman–Crippen MR) is 128 cm³/mol. The second-order valence-electron chi connectivity index (χ2n) is 8.74. The van der Waals surface area contributed by atoms with Gasteiger partial charge in [0.25, 0.3) is 11.8 Å². The summed E-state index contributed by atoms with van der Waals surface area (Å²) in [5.41, 5.74) is 0.203. The highest BCUT2D eigenvalue weighted by Crippen LogP contribution is 2.29. The normalized spacial score (nSPS) is 17.1. The fraction of sp³-hybridized carbons (Fsp3) is 0.308. The van der Waals surface area contributed by atoms with Gasteiger partial charge in [-0.15, -0.1) is 0 Å². The van der Waals surface area contributed by atoms with Crippen LogP contribution in [0.3, 0.4) is 0 Å². The zero-order valence-corrected chi connectivity index (χ0v) is 19.8. The Morgan fingerprint density at radius 2 is 1.77 bits per heavy atom. The van der Waals surface area contributed by atoms with E-state index in [1.54, 1.807) is 29.7 Å². The Balaban J connectivity index is 1.55. The minimum Gasteiger partial charge on any atom is -0.350 e. The van der Waals surface area contributed by atoms with Gasteiger partial charge in [0.05, 0.1) is 12.9 Å². The highest BCUT2D eigenvalue weighted by Gasteiger charge is 2.48. The summed E-state index contributed by atoms with van der Waals surface area (Å²) >= 11 is 0. The van der Waals surface area contributed by atoms with Gasteiger partial charge < -0.3 is 20.1 Å². The molecule has 3 amide bonds. The second kappa shape index (κ2) is 10.1. The van der Waals surface area contributed by atoms with E-state index in [2.05, 4.69) is 15.6 Å². The number of benzene rings is 2.